The number of carbonyl (C=O) groups is 1. The summed E-state index contributed by atoms with van der Waals surface area (Å²) in [5, 5.41) is 3.70. The second-order valence-electron chi connectivity index (χ2n) is 5.89. The summed E-state index contributed by atoms with van der Waals surface area (Å²) in [6.45, 7) is 6.55. The van der Waals surface area contributed by atoms with E-state index in [2.05, 4.69) is 52.6 Å². The number of hydrogen-bond donors (Lipinski definition) is 1. The summed E-state index contributed by atoms with van der Waals surface area (Å²) in [4.78, 5) is 16.7. The van der Waals surface area contributed by atoms with Gasteiger partial charge in [-0.15, -0.1) is 6.58 Å². The van der Waals surface area contributed by atoms with E-state index in [4.69, 9.17) is 0 Å². The number of benzene rings is 2. The smallest absolute Gasteiger partial charge is 0.234 e. The fraction of sp³-hybridized carbons (Fsp3) is 0.143. The standard InChI is InChI=1S/C21H21N3OS/c1-3-13-24-19(17-11-9-16(2)10-12-17)14-22-21(24)26-15-20(25)23-18-7-5-4-6-8-18/h3-12,14H,1,13,15H2,2H3,(H,23,25). The molecule has 0 aliphatic heterocycles. The molecular formula is C21H21N3OS. The number of allylic oxidation sites excluding steroid dienone is 1. The second kappa shape index (κ2) is 8.54. The Kier molecular flexibility index (Phi) is 5.92. The molecule has 0 spiro atoms. The molecule has 0 fully saturated rings. The van der Waals surface area contributed by atoms with Crippen molar-refractivity contribution >= 4 is 23.4 Å². The molecule has 0 bridgehead atoms. The van der Waals surface area contributed by atoms with E-state index in [0.717, 1.165) is 22.1 Å². The van der Waals surface area contributed by atoms with Crippen molar-refractivity contribution in [2.24, 2.45) is 0 Å². The van der Waals surface area contributed by atoms with E-state index in [0.29, 0.717) is 12.3 Å². The highest BCUT2D eigenvalue weighted by atomic mass is 32.2. The van der Waals surface area contributed by atoms with Crippen molar-refractivity contribution in [3.8, 4) is 11.3 Å². The van der Waals surface area contributed by atoms with Crippen LogP contribution in [0.25, 0.3) is 11.3 Å². The molecule has 0 saturated carbocycles. The zero-order valence-corrected chi connectivity index (χ0v) is 15.5. The van der Waals surface area contributed by atoms with Crippen LogP contribution in [0.2, 0.25) is 0 Å². The Hall–Kier alpha value is -2.79. The molecule has 26 heavy (non-hydrogen) atoms. The maximum atomic E-state index is 12.2. The molecule has 0 aliphatic rings. The molecular weight excluding hydrogens is 342 g/mol. The third kappa shape index (κ3) is 4.43. The number of hydrogen-bond acceptors (Lipinski definition) is 3. The topological polar surface area (TPSA) is 46.9 Å². The average Bonchev–Trinajstić information content (AvgIpc) is 3.05. The van der Waals surface area contributed by atoms with E-state index in [1.54, 1.807) is 0 Å². The van der Waals surface area contributed by atoms with Gasteiger partial charge in [-0.3, -0.25) is 4.79 Å². The Morgan fingerprint density at radius 2 is 1.92 bits per heavy atom. The van der Waals surface area contributed by atoms with E-state index >= 15 is 0 Å². The average molecular weight is 363 g/mol. The third-order valence-electron chi connectivity index (χ3n) is 3.87. The minimum atomic E-state index is -0.0498. The number of aryl methyl sites for hydroxylation is 1. The highest BCUT2D eigenvalue weighted by Crippen LogP contribution is 2.26. The van der Waals surface area contributed by atoms with Gasteiger partial charge in [-0.2, -0.15) is 0 Å². The van der Waals surface area contributed by atoms with Crippen LogP contribution in [-0.2, 0) is 11.3 Å². The van der Waals surface area contributed by atoms with Gasteiger partial charge in [0.2, 0.25) is 5.91 Å². The summed E-state index contributed by atoms with van der Waals surface area (Å²) < 4.78 is 2.08. The number of carbonyl (C=O) groups excluding carboxylic acids is 1. The lowest BCUT2D eigenvalue weighted by Gasteiger charge is -2.10. The van der Waals surface area contributed by atoms with Crippen LogP contribution in [0.5, 0.6) is 0 Å². The molecule has 1 N–H and O–H groups in total. The normalized spacial score (nSPS) is 10.5. The van der Waals surface area contributed by atoms with Crippen LogP contribution in [0.4, 0.5) is 5.69 Å². The zero-order valence-electron chi connectivity index (χ0n) is 14.7. The molecule has 3 aromatic rings. The molecule has 1 heterocycles. The molecule has 3 rings (SSSR count). The van der Waals surface area contributed by atoms with E-state index in [-0.39, 0.29) is 5.91 Å². The molecule has 0 radical (unpaired) electrons. The number of nitrogens with one attached hydrogen (secondary N) is 1. The number of para-hydroxylation sites is 1. The van der Waals surface area contributed by atoms with Gasteiger partial charge in [0, 0.05) is 12.2 Å². The first-order chi connectivity index (χ1) is 12.7. The molecule has 5 heteroatoms. The van der Waals surface area contributed by atoms with Gasteiger partial charge in [0.15, 0.2) is 5.16 Å². The van der Waals surface area contributed by atoms with Gasteiger partial charge in [0.1, 0.15) is 0 Å². The monoisotopic (exact) mass is 363 g/mol. The Morgan fingerprint density at radius 3 is 2.62 bits per heavy atom. The molecule has 4 nitrogen and oxygen atoms in total. The number of imidazole rings is 1. The summed E-state index contributed by atoms with van der Waals surface area (Å²) >= 11 is 1.43. The first kappa shape index (κ1) is 18.0. The van der Waals surface area contributed by atoms with Crippen LogP contribution >= 0.6 is 11.8 Å². The molecule has 0 saturated heterocycles. The second-order valence-corrected chi connectivity index (χ2v) is 6.84. The predicted octanol–water partition coefficient (Wildman–Crippen LogP) is 4.78. The van der Waals surface area contributed by atoms with Crippen LogP contribution in [0.3, 0.4) is 0 Å². The van der Waals surface area contributed by atoms with Gasteiger partial charge >= 0.3 is 0 Å². The Bertz CT molecular complexity index is 885. The Labute approximate surface area is 158 Å². The highest BCUT2D eigenvalue weighted by molar-refractivity contribution is 7.99. The summed E-state index contributed by atoms with van der Waals surface area (Å²) in [5.41, 5.74) is 4.14. The summed E-state index contributed by atoms with van der Waals surface area (Å²) in [6.07, 6.45) is 3.69. The van der Waals surface area contributed by atoms with Crippen LogP contribution < -0.4 is 5.32 Å². The van der Waals surface area contributed by atoms with Crippen molar-refractivity contribution in [2.75, 3.05) is 11.1 Å². The number of amides is 1. The zero-order chi connectivity index (χ0) is 18.4. The molecule has 132 valence electrons. The first-order valence-corrected chi connectivity index (χ1v) is 9.37. The molecule has 0 unspecified atom stereocenters. The van der Waals surface area contributed by atoms with Crippen LogP contribution in [0, 0.1) is 6.92 Å². The maximum absolute atomic E-state index is 12.2. The lowest BCUT2D eigenvalue weighted by Crippen LogP contribution is -2.14. The minimum Gasteiger partial charge on any atom is -0.325 e. The predicted molar refractivity (Wildman–Crippen MR) is 108 cm³/mol. The minimum absolute atomic E-state index is 0.0498. The van der Waals surface area contributed by atoms with Gasteiger partial charge in [-0.05, 0) is 24.6 Å². The third-order valence-corrected chi connectivity index (χ3v) is 4.86. The number of aromatic nitrogens is 2. The first-order valence-electron chi connectivity index (χ1n) is 8.38. The molecule has 0 atom stereocenters. The quantitative estimate of drug-likeness (QED) is 0.486. The van der Waals surface area contributed by atoms with Crippen molar-refractivity contribution in [3.63, 3.8) is 0 Å². The van der Waals surface area contributed by atoms with E-state index < -0.39 is 0 Å². The Balaban J connectivity index is 1.72. The lowest BCUT2D eigenvalue weighted by molar-refractivity contribution is -0.113. The van der Waals surface area contributed by atoms with Gasteiger partial charge in [-0.1, -0.05) is 65.9 Å². The number of thioether (sulfide) groups is 1. The van der Waals surface area contributed by atoms with Crippen LogP contribution in [0.15, 0.2) is 78.6 Å². The number of nitrogens with zero attached hydrogens (tertiary/aromatic N) is 2. The largest absolute Gasteiger partial charge is 0.325 e. The van der Waals surface area contributed by atoms with Gasteiger partial charge in [0.25, 0.3) is 0 Å². The molecule has 2 aromatic carbocycles. The maximum Gasteiger partial charge on any atom is 0.234 e. The Morgan fingerprint density at radius 1 is 1.19 bits per heavy atom. The fourth-order valence-corrected chi connectivity index (χ4v) is 3.37. The summed E-state index contributed by atoms with van der Waals surface area (Å²) in [5.74, 6) is 0.252. The molecule has 1 aromatic heterocycles. The SMILES string of the molecule is C=CCn1c(-c2ccc(C)cc2)cnc1SCC(=O)Nc1ccccc1. The number of rotatable bonds is 7. The summed E-state index contributed by atoms with van der Waals surface area (Å²) in [6, 6.07) is 17.8. The van der Waals surface area contributed by atoms with Crippen LogP contribution in [0.1, 0.15) is 5.56 Å². The van der Waals surface area contributed by atoms with Crippen molar-refractivity contribution in [3.05, 3.63) is 79.0 Å². The number of anilines is 1. The molecule has 1 amide bonds. The van der Waals surface area contributed by atoms with E-state index in [1.165, 1.54) is 17.3 Å². The van der Waals surface area contributed by atoms with Crippen LogP contribution in [-0.4, -0.2) is 21.2 Å². The van der Waals surface area contributed by atoms with Crippen molar-refractivity contribution in [1.82, 2.24) is 9.55 Å². The van der Waals surface area contributed by atoms with Gasteiger partial charge in [-0.25, -0.2) is 4.98 Å². The van der Waals surface area contributed by atoms with Gasteiger partial charge in [0.05, 0.1) is 17.6 Å². The van der Waals surface area contributed by atoms with Crippen molar-refractivity contribution in [2.45, 2.75) is 18.6 Å². The fourth-order valence-electron chi connectivity index (χ4n) is 2.58. The molecule has 0 aliphatic carbocycles. The van der Waals surface area contributed by atoms with Crippen molar-refractivity contribution < 1.29 is 4.79 Å². The lowest BCUT2D eigenvalue weighted by atomic mass is 10.1. The summed E-state index contributed by atoms with van der Waals surface area (Å²) in [7, 11) is 0. The van der Waals surface area contributed by atoms with Gasteiger partial charge < -0.3 is 9.88 Å². The highest BCUT2D eigenvalue weighted by Gasteiger charge is 2.13. The van der Waals surface area contributed by atoms with E-state index in [1.807, 2.05) is 42.6 Å². The van der Waals surface area contributed by atoms with Crippen molar-refractivity contribution in [1.29, 1.82) is 0 Å². The van der Waals surface area contributed by atoms with E-state index in [9.17, 15) is 4.79 Å².